The van der Waals surface area contributed by atoms with Crippen molar-refractivity contribution in [2.45, 2.75) is 5.88 Å². The summed E-state index contributed by atoms with van der Waals surface area (Å²) in [4.78, 5) is 17.4. The third-order valence-electron chi connectivity index (χ3n) is 1.14. The molecule has 0 saturated carbocycles. The van der Waals surface area contributed by atoms with E-state index in [4.69, 9.17) is 17.3 Å². The number of nitrogens with zero attached hydrogens (tertiary/aromatic N) is 3. The summed E-state index contributed by atoms with van der Waals surface area (Å²) in [5, 5.41) is 2.66. The molecule has 0 aliphatic rings. The highest BCUT2D eigenvalue weighted by molar-refractivity contribution is 6.17. The Labute approximate surface area is 67.6 Å². The van der Waals surface area contributed by atoms with Crippen LogP contribution in [0.1, 0.15) is 5.69 Å². The van der Waals surface area contributed by atoms with Crippen LogP contribution in [-0.4, -0.2) is 9.97 Å². The Balaban J connectivity index is 3.24. The van der Waals surface area contributed by atoms with E-state index in [2.05, 4.69) is 15.1 Å². The Morgan fingerprint density at radius 1 is 1.64 bits per heavy atom. The molecular formula is C5H5ClN4O. The minimum atomic E-state index is 0.0301. The van der Waals surface area contributed by atoms with Crippen LogP contribution in [-0.2, 0) is 5.88 Å². The third-order valence-corrected chi connectivity index (χ3v) is 1.40. The first-order chi connectivity index (χ1) is 5.29. The van der Waals surface area contributed by atoms with E-state index in [1.807, 2.05) is 0 Å². The minimum Gasteiger partial charge on any atom is -0.382 e. The van der Waals surface area contributed by atoms with Crippen molar-refractivity contribution in [3.05, 3.63) is 16.9 Å². The molecule has 0 unspecified atom stereocenters. The molecule has 0 saturated heterocycles. The standard InChI is InChI=1S/C5H5ClN4O/c6-1-3-4(10-11)5(7)9-2-8-3/h2H,1H2,(H2,7,8,9). The number of nitroso groups, excluding NO2 is 1. The van der Waals surface area contributed by atoms with Gasteiger partial charge in [-0.05, 0) is 5.18 Å². The molecular weight excluding hydrogens is 168 g/mol. The molecule has 0 bridgehead atoms. The monoisotopic (exact) mass is 172 g/mol. The average Bonchev–Trinajstić information content (AvgIpc) is 2.04. The second-order valence-corrected chi connectivity index (χ2v) is 2.05. The van der Waals surface area contributed by atoms with Gasteiger partial charge in [-0.15, -0.1) is 16.5 Å². The van der Waals surface area contributed by atoms with Gasteiger partial charge in [-0.2, -0.15) is 0 Å². The second-order valence-electron chi connectivity index (χ2n) is 1.78. The molecule has 0 aromatic carbocycles. The predicted octanol–water partition coefficient (Wildman–Crippen LogP) is 1.20. The molecule has 6 heteroatoms. The summed E-state index contributed by atoms with van der Waals surface area (Å²) in [6.45, 7) is 0. The van der Waals surface area contributed by atoms with E-state index >= 15 is 0 Å². The molecule has 0 radical (unpaired) electrons. The van der Waals surface area contributed by atoms with E-state index in [1.165, 1.54) is 6.33 Å². The number of halogens is 1. The van der Waals surface area contributed by atoms with E-state index in [-0.39, 0.29) is 17.4 Å². The molecule has 1 aromatic heterocycles. The first-order valence-corrected chi connectivity index (χ1v) is 3.31. The number of rotatable bonds is 2. The van der Waals surface area contributed by atoms with E-state index in [0.717, 1.165) is 0 Å². The molecule has 2 N–H and O–H groups in total. The molecule has 1 rings (SSSR count). The first kappa shape index (κ1) is 7.87. The van der Waals surface area contributed by atoms with Crippen molar-refractivity contribution in [2.24, 2.45) is 5.18 Å². The number of hydrogen-bond donors (Lipinski definition) is 1. The molecule has 58 valence electrons. The first-order valence-electron chi connectivity index (χ1n) is 2.78. The van der Waals surface area contributed by atoms with Crippen molar-refractivity contribution in [2.75, 3.05) is 5.73 Å². The van der Waals surface area contributed by atoms with Crippen LogP contribution in [0.15, 0.2) is 11.5 Å². The van der Waals surface area contributed by atoms with Gasteiger partial charge in [-0.25, -0.2) is 9.97 Å². The lowest BCUT2D eigenvalue weighted by molar-refractivity contribution is 1.08. The van der Waals surface area contributed by atoms with Crippen molar-refractivity contribution in [3.8, 4) is 0 Å². The van der Waals surface area contributed by atoms with E-state index in [9.17, 15) is 4.91 Å². The maximum absolute atomic E-state index is 10.1. The Bertz CT molecular complexity index is 277. The number of anilines is 1. The van der Waals surface area contributed by atoms with E-state index < -0.39 is 0 Å². The van der Waals surface area contributed by atoms with E-state index in [0.29, 0.717) is 5.69 Å². The van der Waals surface area contributed by atoms with Crippen molar-refractivity contribution in [1.82, 2.24) is 9.97 Å². The van der Waals surface area contributed by atoms with Crippen LogP contribution in [0, 0.1) is 4.91 Å². The molecule has 0 spiro atoms. The lowest BCUT2D eigenvalue weighted by Crippen LogP contribution is -1.95. The molecule has 0 fully saturated rings. The largest absolute Gasteiger partial charge is 0.382 e. The smallest absolute Gasteiger partial charge is 0.172 e. The number of alkyl halides is 1. The summed E-state index contributed by atoms with van der Waals surface area (Å²) >= 11 is 5.44. The molecule has 0 amide bonds. The van der Waals surface area contributed by atoms with Gasteiger partial charge in [0.05, 0.1) is 11.6 Å². The van der Waals surface area contributed by atoms with Crippen LogP contribution in [0.25, 0.3) is 0 Å². The zero-order valence-corrected chi connectivity index (χ0v) is 6.25. The van der Waals surface area contributed by atoms with Crippen LogP contribution in [0.2, 0.25) is 0 Å². The predicted molar refractivity (Wildman–Crippen MR) is 41.5 cm³/mol. The second kappa shape index (κ2) is 3.25. The SMILES string of the molecule is Nc1ncnc(CCl)c1N=O. The highest BCUT2D eigenvalue weighted by Crippen LogP contribution is 2.23. The highest BCUT2D eigenvalue weighted by Gasteiger charge is 2.07. The van der Waals surface area contributed by atoms with Crippen LogP contribution < -0.4 is 5.73 Å². The number of aromatic nitrogens is 2. The van der Waals surface area contributed by atoms with Crippen LogP contribution >= 0.6 is 11.6 Å². The van der Waals surface area contributed by atoms with Gasteiger partial charge in [0.15, 0.2) is 11.5 Å². The summed E-state index contributed by atoms with van der Waals surface area (Å²) in [6, 6.07) is 0. The number of nitrogens with two attached hydrogens (primary N) is 1. The normalized spacial score (nSPS) is 9.55. The molecule has 0 aliphatic heterocycles. The third kappa shape index (κ3) is 1.43. The van der Waals surface area contributed by atoms with Gasteiger partial charge in [0.1, 0.15) is 6.33 Å². The molecule has 0 aliphatic carbocycles. The van der Waals surface area contributed by atoms with Crippen LogP contribution in [0.3, 0.4) is 0 Å². The van der Waals surface area contributed by atoms with Gasteiger partial charge in [-0.3, -0.25) is 0 Å². The van der Waals surface area contributed by atoms with Crippen LogP contribution in [0.4, 0.5) is 11.5 Å². The lowest BCUT2D eigenvalue weighted by Gasteiger charge is -1.98. The zero-order chi connectivity index (χ0) is 8.27. The molecule has 5 nitrogen and oxygen atoms in total. The van der Waals surface area contributed by atoms with Crippen molar-refractivity contribution in [3.63, 3.8) is 0 Å². The van der Waals surface area contributed by atoms with Gasteiger partial charge >= 0.3 is 0 Å². The average molecular weight is 173 g/mol. The number of nitrogen functional groups attached to an aromatic ring is 1. The summed E-state index contributed by atoms with van der Waals surface area (Å²) in [5.74, 6) is 0.166. The lowest BCUT2D eigenvalue weighted by atomic mass is 10.3. The van der Waals surface area contributed by atoms with Crippen LogP contribution in [0.5, 0.6) is 0 Å². The Morgan fingerprint density at radius 2 is 2.36 bits per heavy atom. The maximum atomic E-state index is 10.1. The fraction of sp³-hybridized carbons (Fsp3) is 0.200. The van der Waals surface area contributed by atoms with E-state index in [1.54, 1.807) is 0 Å². The van der Waals surface area contributed by atoms with Gasteiger partial charge in [0.25, 0.3) is 0 Å². The topological polar surface area (TPSA) is 81.2 Å². The molecule has 11 heavy (non-hydrogen) atoms. The molecule has 1 aromatic rings. The summed E-state index contributed by atoms with van der Waals surface area (Å²) in [7, 11) is 0. The van der Waals surface area contributed by atoms with Gasteiger partial charge in [0.2, 0.25) is 0 Å². The highest BCUT2D eigenvalue weighted by atomic mass is 35.5. The van der Waals surface area contributed by atoms with Crippen molar-refractivity contribution >= 4 is 23.1 Å². The summed E-state index contributed by atoms with van der Waals surface area (Å²) in [5.41, 5.74) is 5.69. The van der Waals surface area contributed by atoms with Gasteiger partial charge < -0.3 is 5.73 Å². The zero-order valence-electron chi connectivity index (χ0n) is 5.49. The van der Waals surface area contributed by atoms with Crippen molar-refractivity contribution < 1.29 is 0 Å². The summed E-state index contributed by atoms with van der Waals surface area (Å²) < 4.78 is 0. The fourth-order valence-electron chi connectivity index (χ4n) is 0.628. The maximum Gasteiger partial charge on any atom is 0.172 e. The minimum absolute atomic E-state index is 0.0301. The van der Waals surface area contributed by atoms with Gasteiger partial charge in [-0.1, -0.05) is 0 Å². The Hall–Kier alpha value is -1.23. The van der Waals surface area contributed by atoms with Gasteiger partial charge in [0, 0.05) is 0 Å². The molecule has 1 heterocycles. The Kier molecular flexibility index (Phi) is 2.32. The number of hydrogen-bond acceptors (Lipinski definition) is 5. The summed E-state index contributed by atoms with van der Waals surface area (Å²) in [6.07, 6.45) is 1.24. The quantitative estimate of drug-likeness (QED) is 0.537. The van der Waals surface area contributed by atoms with Crippen molar-refractivity contribution in [1.29, 1.82) is 0 Å². The Morgan fingerprint density at radius 3 is 2.82 bits per heavy atom. The molecule has 0 atom stereocenters. The fourth-order valence-corrected chi connectivity index (χ4v) is 0.824.